The molecule has 2 aliphatic heterocycles. The molecule has 3 aromatic heterocycles. The number of fused-ring (bicyclic) bond motifs is 5. The quantitative estimate of drug-likeness (QED) is 0.718. The van der Waals surface area contributed by atoms with E-state index < -0.39 is 0 Å². The zero-order valence-corrected chi connectivity index (χ0v) is 15.9. The Morgan fingerprint density at radius 2 is 2.07 bits per heavy atom. The number of imidazole rings is 1. The van der Waals surface area contributed by atoms with Gasteiger partial charge in [0.1, 0.15) is 0 Å². The van der Waals surface area contributed by atoms with Crippen LogP contribution in [0.3, 0.4) is 0 Å². The summed E-state index contributed by atoms with van der Waals surface area (Å²) in [6.07, 6.45) is 8.43. The molecule has 5 rings (SSSR count). The number of hydrogen-bond acceptors (Lipinski definition) is 4. The maximum absolute atomic E-state index is 12.9. The molecule has 2 bridgehead atoms. The third-order valence-corrected chi connectivity index (χ3v) is 5.87. The summed E-state index contributed by atoms with van der Waals surface area (Å²) in [5.41, 5.74) is 3.93. The van der Waals surface area contributed by atoms with Gasteiger partial charge in [-0.3, -0.25) is 14.2 Å². The van der Waals surface area contributed by atoms with Crippen molar-refractivity contribution in [1.82, 2.24) is 23.8 Å². The number of likely N-dealkylation sites (tertiary alicyclic amines) is 1. The first kappa shape index (κ1) is 16.7. The van der Waals surface area contributed by atoms with E-state index in [-0.39, 0.29) is 5.56 Å². The zero-order chi connectivity index (χ0) is 18.5. The number of nitrogens with zero attached hydrogens (tertiary/aromatic N) is 5. The molecule has 6 heteroatoms. The Labute approximate surface area is 158 Å². The lowest BCUT2D eigenvalue weighted by atomic mass is 9.82. The van der Waals surface area contributed by atoms with E-state index >= 15 is 0 Å². The number of rotatable bonds is 3. The molecule has 6 nitrogen and oxygen atoms in total. The van der Waals surface area contributed by atoms with Crippen molar-refractivity contribution in [1.29, 1.82) is 0 Å². The van der Waals surface area contributed by atoms with Crippen molar-refractivity contribution in [3.05, 3.63) is 53.0 Å². The molecule has 0 N–H and O–H groups in total. The fraction of sp³-hybridized carbons (Fsp3) is 0.476. The van der Waals surface area contributed by atoms with Crippen molar-refractivity contribution in [2.75, 3.05) is 19.6 Å². The van der Waals surface area contributed by atoms with Crippen molar-refractivity contribution >= 4 is 5.65 Å². The number of aromatic nitrogens is 4. The summed E-state index contributed by atoms with van der Waals surface area (Å²) in [6.45, 7) is 8.69. The predicted octanol–water partition coefficient (Wildman–Crippen LogP) is 2.63. The van der Waals surface area contributed by atoms with Gasteiger partial charge in [-0.25, -0.2) is 4.98 Å². The highest BCUT2D eigenvalue weighted by atomic mass is 16.1. The van der Waals surface area contributed by atoms with E-state index in [2.05, 4.69) is 34.8 Å². The van der Waals surface area contributed by atoms with Crippen LogP contribution in [0.25, 0.3) is 16.9 Å². The molecule has 140 valence electrons. The van der Waals surface area contributed by atoms with Gasteiger partial charge in [-0.15, -0.1) is 0 Å². The summed E-state index contributed by atoms with van der Waals surface area (Å²) in [5.74, 6) is 1.68. The van der Waals surface area contributed by atoms with E-state index in [0.717, 1.165) is 43.1 Å². The molecule has 3 aromatic rings. The topological polar surface area (TPSA) is 55.4 Å². The summed E-state index contributed by atoms with van der Waals surface area (Å²) in [5, 5.41) is 0. The van der Waals surface area contributed by atoms with Gasteiger partial charge < -0.3 is 9.47 Å². The van der Waals surface area contributed by atoms with Gasteiger partial charge >= 0.3 is 0 Å². The number of pyridine rings is 1. The number of hydrogen-bond donors (Lipinski definition) is 0. The van der Waals surface area contributed by atoms with Crippen LogP contribution < -0.4 is 5.56 Å². The number of piperidine rings is 1. The maximum atomic E-state index is 12.9. The van der Waals surface area contributed by atoms with Gasteiger partial charge in [0.05, 0.1) is 18.1 Å². The fourth-order valence-corrected chi connectivity index (χ4v) is 4.94. The standard InChI is InChI=1S/C21H25N5O/c1-14(2)10-24-11-15-5-17(13-24)18-6-16(7-21(27)26(18)12-15)19-8-22-9-20-23-3-4-25(19)20/h3-4,6-9,14-15,17H,5,10-13H2,1-2H3/t15-,17+/m0/s1. The third-order valence-electron chi connectivity index (χ3n) is 5.87. The minimum Gasteiger partial charge on any atom is -0.312 e. The van der Waals surface area contributed by atoms with Gasteiger partial charge in [-0.2, -0.15) is 0 Å². The fourth-order valence-electron chi connectivity index (χ4n) is 4.94. The van der Waals surface area contributed by atoms with Crippen molar-refractivity contribution in [2.45, 2.75) is 32.7 Å². The van der Waals surface area contributed by atoms with Gasteiger partial charge in [0, 0.05) is 61.8 Å². The Kier molecular flexibility index (Phi) is 3.90. The highest BCUT2D eigenvalue weighted by molar-refractivity contribution is 5.62. The lowest BCUT2D eigenvalue weighted by molar-refractivity contribution is 0.109. The Hall–Kier alpha value is -2.47. The molecule has 2 atom stereocenters. The van der Waals surface area contributed by atoms with E-state index in [1.54, 1.807) is 18.5 Å². The van der Waals surface area contributed by atoms with Crippen molar-refractivity contribution in [2.24, 2.45) is 11.8 Å². The molecule has 0 radical (unpaired) electrons. The Balaban J connectivity index is 1.58. The molecule has 0 amide bonds. The summed E-state index contributed by atoms with van der Waals surface area (Å²) in [7, 11) is 0. The third kappa shape index (κ3) is 2.88. The second kappa shape index (κ2) is 6.30. The second-order valence-corrected chi connectivity index (χ2v) is 8.48. The van der Waals surface area contributed by atoms with Crippen LogP contribution in [0.5, 0.6) is 0 Å². The first-order valence-corrected chi connectivity index (χ1v) is 9.83. The minimum atomic E-state index is 0.103. The second-order valence-electron chi connectivity index (χ2n) is 8.48. The van der Waals surface area contributed by atoms with E-state index in [0.29, 0.717) is 17.8 Å². The van der Waals surface area contributed by atoms with Crippen LogP contribution in [-0.4, -0.2) is 43.5 Å². The van der Waals surface area contributed by atoms with Gasteiger partial charge in [0.25, 0.3) is 5.56 Å². The van der Waals surface area contributed by atoms with Gasteiger partial charge in [-0.05, 0) is 24.3 Å². The largest absolute Gasteiger partial charge is 0.312 e. The summed E-state index contributed by atoms with van der Waals surface area (Å²) in [4.78, 5) is 24.1. The summed E-state index contributed by atoms with van der Waals surface area (Å²) in [6, 6.07) is 3.96. The maximum Gasteiger partial charge on any atom is 0.251 e. The Bertz CT molecular complexity index is 1050. The Morgan fingerprint density at radius 3 is 2.93 bits per heavy atom. The van der Waals surface area contributed by atoms with E-state index in [1.165, 1.54) is 12.1 Å². The van der Waals surface area contributed by atoms with Crippen molar-refractivity contribution < 1.29 is 0 Å². The van der Waals surface area contributed by atoms with E-state index in [4.69, 9.17) is 0 Å². The summed E-state index contributed by atoms with van der Waals surface area (Å²) >= 11 is 0. The normalized spacial score (nSPS) is 22.3. The van der Waals surface area contributed by atoms with Gasteiger partial charge in [0.2, 0.25) is 0 Å². The zero-order valence-electron chi connectivity index (χ0n) is 15.9. The minimum absolute atomic E-state index is 0.103. The van der Waals surface area contributed by atoms with Crippen LogP contribution in [0.2, 0.25) is 0 Å². The van der Waals surface area contributed by atoms with Crippen LogP contribution in [0.4, 0.5) is 0 Å². The summed E-state index contributed by atoms with van der Waals surface area (Å²) < 4.78 is 4.01. The van der Waals surface area contributed by atoms with Gasteiger partial charge in [-0.1, -0.05) is 13.8 Å². The van der Waals surface area contributed by atoms with Crippen LogP contribution in [0.15, 0.2) is 41.7 Å². The Morgan fingerprint density at radius 1 is 1.19 bits per heavy atom. The van der Waals surface area contributed by atoms with Gasteiger partial charge in [0.15, 0.2) is 5.65 Å². The van der Waals surface area contributed by atoms with Crippen LogP contribution >= 0.6 is 0 Å². The SMILES string of the molecule is CC(C)CN1C[C@@H]2C[C@H](C1)c1cc(-c3cncc4nccn34)cc(=O)n1C2. The first-order valence-electron chi connectivity index (χ1n) is 9.83. The molecule has 1 fully saturated rings. The average Bonchev–Trinajstić information content (AvgIpc) is 3.10. The molecule has 1 saturated heterocycles. The van der Waals surface area contributed by atoms with Crippen molar-refractivity contribution in [3.8, 4) is 11.3 Å². The predicted molar refractivity (Wildman–Crippen MR) is 105 cm³/mol. The van der Waals surface area contributed by atoms with Crippen LogP contribution in [-0.2, 0) is 6.54 Å². The van der Waals surface area contributed by atoms with E-state index in [1.807, 2.05) is 21.4 Å². The highest BCUT2D eigenvalue weighted by Gasteiger charge is 2.35. The molecule has 5 heterocycles. The van der Waals surface area contributed by atoms with Crippen LogP contribution in [0.1, 0.15) is 31.9 Å². The molecule has 27 heavy (non-hydrogen) atoms. The molecule has 2 aliphatic rings. The first-order chi connectivity index (χ1) is 13.1. The monoisotopic (exact) mass is 363 g/mol. The molecule has 0 aliphatic carbocycles. The smallest absolute Gasteiger partial charge is 0.251 e. The molecule has 0 saturated carbocycles. The lowest BCUT2D eigenvalue weighted by Gasteiger charge is -2.43. The molecule has 0 spiro atoms. The molecule has 0 aromatic carbocycles. The molecular formula is C21H25N5O. The highest BCUT2D eigenvalue weighted by Crippen LogP contribution is 2.36. The lowest BCUT2D eigenvalue weighted by Crippen LogP contribution is -2.48. The average molecular weight is 363 g/mol. The molecular weight excluding hydrogens is 338 g/mol. The molecule has 0 unspecified atom stereocenters. The van der Waals surface area contributed by atoms with Crippen LogP contribution in [0, 0.1) is 11.8 Å². The van der Waals surface area contributed by atoms with Crippen molar-refractivity contribution in [3.63, 3.8) is 0 Å². The van der Waals surface area contributed by atoms with E-state index in [9.17, 15) is 4.79 Å².